The predicted molar refractivity (Wildman–Crippen MR) is 66.0 cm³/mol. The molecule has 0 saturated carbocycles. The monoisotopic (exact) mass is 217 g/mol. The van der Waals surface area contributed by atoms with Gasteiger partial charge >= 0.3 is 0 Å². The lowest BCUT2D eigenvalue weighted by Gasteiger charge is -2.16. The Labute approximate surface area is 97.7 Å². The molecule has 16 heavy (non-hydrogen) atoms. The zero-order chi connectivity index (χ0) is 11.8. The molecule has 0 spiro atoms. The maximum atomic E-state index is 8.80. The van der Waals surface area contributed by atoms with Gasteiger partial charge in [-0.3, -0.25) is 0 Å². The largest absolute Gasteiger partial charge is 0.320 e. The van der Waals surface area contributed by atoms with E-state index in [2.05, 4.69) is 29.4 Å². The van der Waals surface area contributed by atoms with Gasteiger partial charge in [0, 0.05) is 6.54 Å². The Hall–Kier alpha value is -1.37. The maximum absolute atomic E-state index is 8.80. The second-order valence-corrected chi connectivity index (χ2v) is 4.01. The van der Waals surface area contributed by atoms with Crippen molar-refractivity contribution < 1.29 is 0 Å². The molecule has 0 aliphatic carbocycles. The normalized spacial score (nSPS) is 10.4. The van der Waals surface area contributed by atoms with Crippen LogP contribution < -0.4 is 5.32 Å². The summed E-state index contributed by atoms with van der Waals surface area (Å²) in [5.74, 6) is 0. The lowest BCUT2D eigenvalue weighted by molar-refractivity contribution is 0.321. The average Bonchev–Trinajstić information content (AvgIpc) is 2.29. The van der Waals surface area contributed by atoms with Crippen LogP contribution in [0.2, 0.25) is 0 Å². The SMILES string of the molecule is CNCCCN(C)Cc1cccc(C#N)c1. The molecule has 0 saturated heterocycles. The minimum atomic E-state index is 0.737. The third kappa shape index (κ3) is 4.43. The van der Waals surface area contributed by atoms with E-state index in [9.17, 15) is 0 Å². The Morgan fingerprint density at radius 2 is 2.25 bits per heavy atom. The molecule has 86 valence electrons. The molecule has 1 rings (SSSR count). The fraction of sp³-hybridized carbons (Fsp3) is 0.462. The van der Waals surface area contributed by atoms with Gasteiger partial charge in [0.15, 0.2) is 0 Å². The number of benzene rings is 1. The summed E-state index contributed by atoms with van der Waals surface area (Å²) in [5, 5.41) is 11.9. The number of rotatable bonds is 6. The van der Waals surface area contributed by atoms with Crippen molar-refractivity contribution in [1.82, 2.24) is 10.2 Å². The van der Waals surface area contributed by atoms with E-state index in [1.807, 2.05) is 25.2 Å². The smallest absolute Gasteiger partial charge is 0.0991 e. The van der Waals surface area contributed by atoms with E-state index in [4.69, 9.17) is 5.26 Å². The van der Waals surface area contributed by atoms with Crippen molar-refractivity contribution >= 4 is 0 Å². The molecule has 0 unspecified atom stereocenters. The molecule has 0 aliphatic rings. The van der Waals surface area contributed by atoms with Gasteiger partial charge in [-0.25, -0.2) is 0 Å². The van der Waals surface area contributed by atoms with Crippen molar-refractivity contribution in [1.29, 1.82) is 5.26 Å². The summed E-state index contributed by atoms with van der Waals surface area (Å²) in [6, 6.07) is 9.96. The molecular weight excluding hydrogens is 198 g/mol. The second-order valence-electron chi connectivity index (χ2n) is 4.01. The minimum Gasteiger partial charge on any atom is -0.320 e. The van der Waals surface area contributed by atoms with Gasteiger partial charge in [0.25, 0.3) is 0 Å². The van der Waals surface area contributed by atoms with Gasteiger partial charge < -0.3 is 10.2 Å². The molecule has 1 aromatic carbocycles. The number of hydrogen-bond acceptors (Lipinski definition) is 3. The molecule has 1 aromatic rings. The van der Waals surface area contributed by atoms with E-state index < -0.39 is 0 Å². The number of nitriles is 1. The first kappa shape index (κ1) is 12.7. The second kappa shape index (κ2) is 7.00. The zero-order valence-corrected chi connectivity index (χ0v) is 10.0. The number of nitrogens with zero attached hydrogens (tertiary/aromatic N) is 2. The number of hydrogen-bond donors (Lipinski definition) is 1. The van der Waals surface area contributed by atoms with Crippen molar-refractivity contribution in [2.45, 2.75) is 13.0 Å². The van der Waals surface area contributed by atoms with Crippen LogP contribution in [-0.2, 0) is 6.54 Å². The lowest BCUT2D eigenvalue weighted by Crippen LogP contribution is -2.22. The van der Waals surface area contributed by atoms with E-state index >= 15 is 0 Å². The van der Waals surface area contributed by atoms with Crippen LogP contribution in [0.3, 0.4) is 0 Å². The Balaban J connectivity index is 2.43. The van der Waals surface area contributed by atoms with Crippen molar-refractivity contribution in [2.24, 2.45) is 0 Å². The van der Waals surface area contributed by atoms with Gasteiger partial charge in [-0.15, -0.1) is 0 Å². The standard InChI is InChI=1S/C13H19N3/c1-15-7-4-8-16(2)11-13-6-3-5-12(9-13)10-14/h3,5-6,9,15H,4,7-8,11H2,1-2H3. The highest BCUT2D eigenvalue weighted by Gasteiger charge is 2.00. The summed E-state index contributed by atoms with van der Waals surface area (Å²) in [6.45, 7) is 3.01. The Morgan fingerprint density at radius 3 is 2.94 bits per heavy atom. The van der Waals surface area contributed by atoms with E-state index in [0.717, 1.165) is 31.6 Å². The number of nitrogens with one attached hydrogen (secondary N) is 1. The Kier molecular flexibility index (Phi) is 5.55. The molecule has 0 bridgehead atoms. The molecule has 0 heterocycles. The van der Waals surface area contributed by atoms with Crippen LogP contribution in [0, 0.1) is 11.3 Å². The third-order valence-corrected chi connectivity index (χ3v) is 2.48. The summed E-state index contributed by atoms with van der Waals surface area (Å²) >= 11 is 0. The van der Waals surface area contributed by atoms with Gasteiger partial charge in [-0.1, -0.05) is 12.1 Å². The Morgan fingerprint density at radius 1 is 1.44 bits per heavy atom. The van der Waals surface area contributed by atoms with Gasteiger partial charge in [0.1, 0.15) is 0 Å². The molecular formula is C13H19N3. The molecule has 3 heteroatoms. The zero-order valence-electron chi connectivity index (χ0n) is 10.0. The predicted octanol–water partition coefficient (Wildman–Crippen LogP) is 1.60. The first-order valence-corrected chi connectivity index (χ1v) is 5.58. The van der Waals surface area contributed by atoms with E-state index in [0.29, 0.717) is 0 Å². The maximum Gasteiger partial charge on any atom is 0.0991 e. The third-order valence-electron chi connectivity index (χ3n) is 2.48. The van der Waals surface area contributed by atoms with Crippen LogP contribution in [0.25, 0.3) is 0 Å². The van der Waals surface area contributed by atoms with Crippen LogP contribution in [-0.4, -0.2) is 32.1 Å². The highest BCUT2D eigenvalue weighted by Crippen LogP contribution is 2.06. The van der Waals surface area contributed by atoms with Crippen LogP contribution in [0.1, 0.15) is 17.5 Å². The van der Waals surface area contributed by atoms with Crippen molar-refractivity contribution in [2.75, 3.05) is 27.2 Å². The van der Waals surface area contributed by atoms with Gasteiger partial charge in [0.2, 0.25) is 0 Å². The van der Waals surface area contributed by atoms with Crippen LogP contribution in [0.4, 0.5) is 0 Å². The average molecular weight is 217 g/mol. The van der Waals surface area contributed by atoms with Gasteiger partial charge in [-0.05, 0) is 51.3 Å². The quantitative estimate of drug-likeness (QED) is 0.736. The summed E-state index contributed by atoms with van der Waals surface area (Å²) < 4.78 is 0. The van der Waals surface area contributed by atoms with Crippen molar-refractivity contribution in [3.63, 3.8) is 0 Å². The molecule has 0 radical (unpaired) electrons. The first-order valence-electron chi connectivity index (χ1n) is 5.58. The molecule has 0 aromatic heterocycles. The first-order chi connectivity index (χ1) is 7.76. The van der Waals surface area contributed by atoms with Gasteiger partial charge in [-0.2, -0.15) is 5.26 Å². The highest BCUT2D eigenvalue weighted by molar-refractivity contribution is 5.32. The summed E-state index contributed by atoms with van der Waals surface area (Å²) in [5.41, 5.74) is 1.94. The van der Waals surface area contributed by atoms with E-state index in [-0.39, 0.29) is 0 Å². The van der Waals surface area contributed by atoms with E-state index in [1.165, 1.54) is 5.56 Å². The topological polar surface area (TPSA) is 39.1 Å². The minimum absolute atomic E-state index is 0.737. The fourth-order valence-electron chi connectivity index (χ4n) is 1.66. The molecule has 0 aliphatic heterocycles. The van der Waals surface area contributed by atoms with Crippen LogP contribution in [0.5, 0.6) is 0 Å². The van der Waals surface area contributed by atoms with Crippen LogP contribution >= 0.6 is 0 Å². The summed E-state index contributed by atoms with van der Waals surface area (Å²) in [4.78, 5) is 2.27. The molecule has 0 atom stereocenters. The van der Waals surface area contributed by atoms with Crippen LogP contribution in [0.15, 0.2) is 24.3 Å². The highest BCUT2D eigenvalue weighted by atomic mass is 15.1. The molecule has 0 fully saturated rings. The molecule has 3 nitrogen and oxygen atoms in total. The van der Waals surface area contributed by atoms with E-state index in [1.54, 1.807) is 0 Å². The van der Waals surface area contributed by atoms with Crippen molar-refractivity contribution in [3.8, 4) is 6.07 Å². The Bertz CT molecular complexity index is 354. The fourth-order valence-corrected chi connectivity index (χ4v) is 1.66. The molecule has 1 N–H and O–H groups in total. The summed E-state index contributed by atoms with van der Waals surface area (Å²) in [6.07, 6.45) is 1.14. The molecule has 0 amide bonds. The lowest BCUT2D eigenvalue weighted by atomic mass is 10.1. The summed E-state index contributed by atoms with van der Waals surface area (Å²) in [7, 11) is 4.07. The van der Waals surface area contributed by atoms with Crippen molar-refractivity contribution in [3.05, 3.63) is 35.4 Å². The van der Waals surface area contributed by atoms with Gasteiger partial charge in [0.05, 0.1) is 11.6 Å².